The second-order valence-corrected chi connectivity index (χ2v) is 32.8. The molecule has 0 aromatic carbocycles. The first-order chi connectivity index (χ1) is 46.5. The predicted octanol–water partition coefficient (Wildman–Crippen LogP) is 28.8. The molecule has 0 bridgehead atoms. The summed E-state index contributed by atoms with van der Waals surface area (Å²) in [5.74, 6) is -0.763. The lowest BCUT2D eigenvalue weighted by Crippen LogP contribution is -2.37. The molecule has 0 aliphatic heterocycles. The van der Waals surface area contributed by atoms with Gasteiger partial charge >= 0.3 is 19.8 Å². The van der Waals surface area contributed by atoms with Gasteiger partial charge in [-0.1, -0.05) is 457 Å². The summed E-state index contributed by atoms with van der Waals surface area (Å²) in [4.78, 5) is 36.0. The van der Waals surface area contributed by atoms with Crippen molar-refractivity contribution in [2.75, 3.05) is 47.5 Å². The number of hydrogen-bond donors (Lipinski definition) is 1. The van der Waals surface area contributed by atoms with Gasteiger partial charge in [-0.2, -0.15) is 0 Å². The van der Waals surface area contributed by atoms with E-state index in [2.05, 4.69) is 13.8 Å². The van der Waals surface area contributed by atoms with E-state index in [-0.39, 0.29) is 25.6 Å². The highest BCUT2D eigenvalue weighted by atomic mass is 31.2. The Balaban J connectivity index is 3.82. The molecule has 9 nitrogen and oxygen atoms in total. The molecule has 2 atom stereocenters. The number of phosphoric ester groups is 1. The van der Waals surface area contributed by atoms with E-state index in [9.17, 15) is 19.0 Å². The number of ether oxygens (including phenoxy) is 2. The Bertz CT molecular complexity index is 1560. The van der Waals surface area contributed by atoms with Crippen LogP contribution in [0.3, 0.4) is 0 Å². The zero-order valence-corrected chi connectivity index (χ0v) is 66.1. The summed E-state index contributed by atoms with van der Waals surface area (Å²) >= 11 is 0. The highest BCUT2D eigenvalue weighted by molar-refractivity contribution is 7.47. The summed E-state index contributed by atoms with van der Waals surface area (Å²) < 4.78 is 34.9. The van der Waals surface area contributed by atoms with Crippen LogP contribution in [-0.4, -0.2) is 74.9 Å². The first-order valence-electron chi connectivity index (χ1n) is 43.3. The smallest absolute Gasteiger partial charge is 0.462 e. The molecule has 95 heavy (non-hydrogen) atoms. The highest BCUT2D eigenvalue weighted by Crippen LogP contribution is 2.43. The van der Waals surface area contributed by atoms with Crippen LogP contribution in [0.15, 0.2) is 0 Å². The maximum Gasteiger partial charge on any atom is 0.472 e. The normalized spacial score (nSPS) is 12.9. The van der Waals surface area contributed by atoms with Gasteiger partial charge < -0.3 is 18.9 Å². The monoisotopic (exact) mass is 1370 g/mol. The van der Waals surface area contributed by atoms with Crippen molar-refractivity contribution in [2.24, 2.45) is 0 Å². The third kappa shape index (κ3) is 81.9. The van der Waals surface area contributed by atoms with Crippen LogP contribution in [0, 0.1) is 0 Å². The minimum Gasteiger partial charge on any atom is -0.462 e. The minimum atomic E-state index is -4.39. The Morgan fingerprint density at radius 1 is 0.284 bits per heavy atom. The zero-order valence-electron chi connectivity index (χ0n) is 65.2. The standard InChI is InChI=1S/C85H170NO8P/c1-6-8-10-12-14-16-18-20-22-24-26-28-30-32-34-36-38-39-40-41-42-43-44-45-46-47-48-50-52-54-56-58-60-62-64-66-68-70-72-74-76-78-85(88)94-83(82-93-95(89,90)92-80-79-86(3,4)5)81-91-84(87)77-75-73-71-69-67-65-63-61-59-57-55-53-51-49-37-35-33-31-29-27-25-23-21-19-17-15-13-11-9-7-2/h83H,6-82H2,1-5H3/p+1. The van der Waals surface area contributed by atoms with E-state index >= 15 is 0 Å². The Labute approximate surface area is 594 Å². The van der Waals surface area contributed by atoms with Gasteiger partial charge in [0.2, 0.25) is 0 Å². The molecule has 0 rings (SSSR count). The number of carbonyl (C=O) groups is 2. The summed E-state index contributed by atoms with van der Waals surface area (Å²) in [5.41, 5.74) is 0. The molecular formula is C85H171NO8P+. The summed E-state index contributed by atoms with van der Waals surface area (Å²) in [6, 6.07) is 0. The maximum absolute atomic E-state index is 12.9. The number of carbonyl (C=O) groups excluding carboxylic acids is 2. The van der Waals surface area contributed by atoms with Crippen molar-refractivity contribution in [1.82, 2.24) is 0 Å². The zero-order chi connectivity index (χ0) is 69.0. The van der Waals surface area contributed by atoms with Gasteiger partial charge in [-0.05, 0) is 12.8 Å². The Kier molecular flexibility index (Phi) is 76.4. The van der Waals surface area contributed by atoms with Crippen LogP contribution in [0.4, 0.5) is 0 Å². The fraction of sp³-hybridized carbons (Fsp3) is 0.976. The first-order valence-corrected chi connectivity index (χ1v) is 44.8. The number of rotatable bonds is 83. The van der Waals surface area contributed by atoms with Gasteiger partial charge in [0.15, 0.2) is 6.10 Å². The maximum atomic E-state index is 12.9. The average Bonchev–Trinajstić information content (AvgIpc) is 1.81. The van der Waals surface area contributed by atoms with Gasteiger partial charge in [0.05, 0.1) is 27.7 Å². The number of likely N-dealkylation sites (N-methyl/N-ethyl adjacent to an activating group) is 1. The molecule has 0 heterocycles. The van der Waals surface area contributed by atoms with Crippen molar-refractivity contribution in [2.45, 2.75) is 489 Å². The molecule has 0 fully saturated rings. The third-order valence-corrected chi connectivity index (χ3v) is 21.4. The molecule has 2 unspecified atom stereocenters. The van der Waals surface area contributed by atoms with E-state index in [0.717, 1.165) is 38.5 Å². The van der Waals surface area contributed by atoms with Crippen LogP contribution in [0.25, 0.3) is 0 Å². The SMILES string of the molecule is CCCCCCCCCCCCCCCCCCCCCCCCCCCCCCCCCCCCCCCCCCCC(=O)OC(COC(=O)CCCCCCCCCCCCCCCCCCCCCCCCCCCCCCCC)COP(=O)(O)OCC[N+](C)(C)C. The molecule has 0 aromatic heterocycles. The van der Waals surface area contributed by atoms with Crippen LogP contribution in [0.2, 0.25) is 0 Å². The molecular weight excluding hydrogens is 1190 g/mol. The lowest BCUT2D eigenvalue weighted by atomic mass is 10.0. The lowest BCUT2D eigenvalue weighted by molar-refractivity contribution is -0.870. The van der Waals surface area contributed by atoms with E-state index < -0.39 is 26.5 Å². The summed E-state index contributed by atoms with van der Waals surface area (Å²) in [7, 11) is 1.51. The van der Waals surface area contributed by atoms with Gasteiger partial charge in [0.1, 0.15) is 19.8 Å². The number of nitrogens with zero attached hydrogens (tertiary/aromatic N) is 1. The highest BCUT2D eigenvalue weighted by Gasteiger charge is 2.27. The second kappa shape index (κ2) is 77.2. The van der Waals surface area contributed by atoms with Crippen molar-refractivity contribution in [3.8, 4) is 0 Å². The third-order valence-electron chi connectivity index (χ3n) is 20.4. The second-order valence-electron chi connectivity index (χ2n) is 31.3. The minimum absolute atomic E-state index is 0.0379. The van der Waals surface area contributed by atoms with Crippen molar-refractivity contribution < 1.29 is 42.1 Å². The fourth-order valence-corrected chi connectivity index (χ4v) is 14.5. The molecule has 0 saturated heterocycles. The summed E-state index contributed by atoms with van der Waals surface area (Å²) in [5, 5.41) is 0. The van der Waals surface area contributed by atoms with E-state index in [1.165, 1.54) is 417 Å². The Morgan fingerprint density at radius 2 is 0.474 bits per heavy atom. The molecule has 10 heteroatoms. The molecule has 0 radical (unpaired) electrons. The Morgan fingerprint density at radius 3 is 0.674 bits per heavy atom. The fourth-order valence-electron chi connectivity index (χ4n) is 13.8. The van der Waals surface area contributed by atoms with Crippen molar-refractivity contribution >= 4 is 19.8 Å². The van der Waals surface area contributed by atoms with Gasteiger partial charge in [-0.15, -0.1) is 0 Å². The van der Waals surface area contributed by atoms with Crippen LogP contribution < -0.4 is 0 Å². The lowest BCUT2D eigenvalue weighted by Gasteiger charge is -2.24. The molecule has 0 saturated carbocycles. The predicted molar refractivity (Wildman–Crippen MR) is 414 cm³/mol. The van der Waals surface area contributed by atoms with E-state index in [1.54, 1.807) is 0 Å². The molecule has 568 valence electrons. The molecule has 1 N–H and O–H groups in total. The summed E-state index contributed by atoms with van der Waals surface area (Å²) in [6.45, 7) is 4.55. The van der Waals surface area contributed by atoms with Gasteiger partial charge in [-0.25, -0.2) is 4.57 Å². The number of phosphoric acid groups is 1. The Hall–Kier alpha value is -0.990. The van der Waals surface area contributed by atoms with Crippen LogP contribution in [0.1, 0.15) is 483 Å². The topological polar surface area (TPSA) is 108 Å². The van der Waals surface area contributed by atoms with Crippen LogP contribution in [0.5, 0.6) is 0 Å². The quantitative estimate of drug-likeness (QED) is 0.0278. The number of hydrogen-bond acceptors (Lipinski definition) is 7. The largest absolute Gasteiger partial charge is 0.472 e. The van der Waals surface area contributed by atoms with Crippen molar-refractivity contribution in [3.05, 3.63) is 0 Å². The number of esters is 2. The average molecular weight is 1370 g/mol. The van der Waals surface area contributed by atoms with Crippen molar-refractivity contribution in [3.63, 3.8) is 0 Å². The molecule has 0 aliphatic carbocycles. The van der Waals surface area contributed by atoms with Crippen LogP contribution in [-0.2, 0) is 32.7 Å². The van der Waals surface area contributed by atoms with E-state index in [0.29, 0.717) is 17.4 Å². The van der Waals surface area contributed by atoms with Gasteiger partial charge in [0.25, 0.3) is 0 Å². The van der Waals surface area contributed by atoms with Crippen LogP contribution >= 0.6 is 7.82 Å². The number of unbranched alkanes of at least 4 members (excludes halogenated alkanes) is 69. The van der Waals surface area contributed by atoms with Crippen molar-refractivity contribution in [1.29, 1.82) is 0 Å². The van der Waals surface area contributed by atoms with Gasteiger partial charge in [-0.3, -0.25) is 18.6 Å². The number of quaternary nitrogens is 1. The molecule has 0 aliphatic rings. The summed E-state index contributed by atoms with van der Waals surface area (Å²) in [6.07, 6.45) is 97.3. The molecule has 0 spiro atoms. The van der Waals surface area contributed by atoms with Gasteiger partial charge in [0, 0.05) is 12.8 Å². The molecule has 0 amide bonds. The van der Waals surface area contributed by atoms with E-state index in [1.807, 2.05) is 21.1 Å². The first kappa shape index (κ1) is 94.0. The van der Waals surface area contributed by atoms with E-state index in [4.69, 9.17) is 18.5 Å². The molecule has 0 aromatic rings.